The van der Waals surface area contributed by atoms with Gasteiger partial charge in [0.25, 0.3) is 0 Å². The van der Waals surface area contributed by atoms with Gasteiger partial charge in [-0.2, -0.15) is 0 Å². The Labute approximate surface area is 110 Å². The third kappa shape index (κ3) is 3.07. The molecule has 0 saturated heterocycles. The molecule has 0 amide bonds. The zero-order valence-electron chi connectivity index (χ0n) is 9.85. The van der Waals surface area contributed by atoms with Crippen molar-refractivity contribution in [2.24, 2.45) is 0 Å². The maximum atomic E-state index is 5.69. The minimum absolute atomic E-state index is 0.224. The van der Waals surface area contributed by atoms with Crippen LogP contribution in [-0.2, 0) is 0 Å². The number of nitrogens with zero attached hydrogens (tertiary/aromatic N) is 1. The maximum absolute atomic E-state index is 5.69. The predicted octanol–water partition coefficient (Wildman–Crippen LogP) is 4.64. The second-order valence-corrected chi connectivity index (χ2v) is 5.26. The summed E-state index contributed by atoms with van der Waals surface area (Å²) in [5, 5.41) is 0. The fourth-order valence-electron chi connectivity index (χ4n) is 1.59. The van der Waals surface area contributed by atoms with Crippen LogP contribution in [0, 0.1) is 6.92 Å². The summed E-state index contributed by atoms with van der Waals surface area (Å²) in [7, 11) is 0. The van der Waals surface area contributed by atoms with Gasteiger partial charge in [0.05, 0.1) is 10.5 Å². The van der Waals surface area contributed by atoms with E-state index in [4.69, 9.17) is 4.74 Å². The first-order valence-electron chi connectivity index (χ1n) is 5.51. The number of benzene rings is 1. The molecule has 3 heteroatoms. The molecule has 0 radical (unpaired) electrons. The molecule has 0 aliphatic carbocycles. The number of rotatable bonds is 3. The topological polar surface area (TPSA) is 22.1 Å². The molecule has 0 aliphatic heterocycles. The molecule has 2 aromatic rings. The van der Waals surface area contributed by atoms with E-state index in [1.54, 1.807) is 0 Å². The van der Waals surface area contributed by atoms with E-state index in [-0.39, 0.29) is 4.83 Å². The van der Waals surface area contributed by atoms with Crippen LogP contribution in [0.15, 0.2) is 42.5 Å². The molecule has 88 valence electrons. The molecule has 1 aromatic carbocycles. The van der Waals surface area contributed by atoms with Crippen LogP contribution in [-0.4, -0.2) is 4.98 Å². The molecule has 0 spiro atoms. The number of para-hydroxylation sites is 1. The smallest absolute Gasteiger partial charge is 0.219 e. The van der Waals surface area contributed by atoms with Gasteiger partial charge in [0.1, 0.15) is 5.75 Å². The first kappa shape index (κ1) is 12.1. The fraction of sp³-hybridized carbons (Fsp3) is 0.214. The highest BCUT2D eigenvalue weighted by Crippen LogP contribution is 2.27. The summed E-state index contributed by atoms with van der Waals surface area (Å²) in [5.74, 6) is 1.43. The van der Waals surface area contributed by atoms with Crippen molar-refractivity contribution < 1.29 is 4.74 Å². The van der Waals surface area contributed by atoms with Gasteiger partial charge in [-0.05, 0) is 31.5 Å². The molecule has 0 bridgehead atoms. The normalized spacial score (nSPS) is 12.2. The molecule has 2 rings (SSSR count). The molecule has 2 nitrogen and oxygen atoms in total. The molecule has 0 saturated carbocycles. The lowest BCUT2D eigenvalue weighted by molar-refractivity contribution is 0.460. The van der Waals surface area contributed by atoms with Gasteiger partial charge in [0, 0.05) is 6.07 Å². The second kappa shape index (κ2) is 5.32. The first-order valence-corrected chi connectivity index (χ1v) is 6.43. The van der Waals surface area contributed by atoms with Crippen molar-refractivity contribution in [3.8, 4) is 11.6 Å². The van der Waals surface area contributed by atoms with E-state index in [0.717, 1.165) is 17.0 Å². The van der Waals surface area contributed by atoms with Crippen LogP contribution in [0.4, 0.5) is 0 Å². The summed E-state index contributed by atoms with van der Waals surface area (Å²) in [5.41, 5.74) is 2.17. The minimum atomic E-state index is 0.224. The number of halogens is 1. The molecule has 0 fully saturated rings. The van der Waals surface area contributed by atoms with Crippen LogP contribution in [0.2, 0.25) is 0 Å². The Kier molecular flexibility index (Phi) is 3.79. The molecular formula is C14H14BrNO. The Morgan fingerprint density at radius 1 is 1.12 bits per heavy atom. The Morgan fingerprint density at radius 3 is 2.47 bits per heavy atom. The standard InChI is InChI=1S/C14H14BrNO/c1-10-8-9-13(16-14(10)11(2)15)17-12-6-4-3-5-7-12/h3-9,11H,1-2H3. The minimum Gasteiger partial charge on any atom is -0.439 e. The second-order valence-electron chi connectivity index (χ2n) is 3.88. The van der Waals surface area contributed by atoms with Crippen molar-refractivity contribution in [1.82, 2.24) is 4.98 Å². The average molecular weight is 292 g/mol. The maximum Gasteiger partial charge on any atom is 0.219 e. The summed E-state index contributed by atoms with van der Waals surface area (Å²) < 4.78 is 5.69. The van der Waals surface area contributed by atoms with Crippen LogP contribution in [0.3, 0.4) is 0 Å². The van der Waals surface area contributed by atoms with Crippen molar-refractivity contribution in [1.29, 1.82) is 0 Å². The van der Waals surface area contributed by atoms with E-state index >= 15 is 0 Å². The van der Waals surface area contributed by atoms with Gasteiger partial charge in [0.2, 0.25) is 5.88 Å². The highest BCUT2D eigenvalue weighted by atomic mass is 79.9. The number of aromatic nitrogens is 1. The lowest BCUT2D eigenvalue weighted by Crippen LogP contribution is -1.96. The molecule has 1 aromatic heterocycles. The van der Waals surface area contributed by atoms with E-state index in [1.165, 1.54) is 0 Å². The van der Waals surface area contributed by atoms with Gasteiger partial charge in [-0.15, -0.1) is 0 Å². The van der Waals surface area contributed by atoms with Crippen molar-refractivity contribution >= 4 is 15.9 Å². The zero-order chi connectivity index (χ0) is 12.3. The van der Waals surface area contributed by atoms with Gasteiger partial charge in [-0.1, -0.05) is 40.2 Å². The van der Waals surface area contributed by atoms with Crippen LogP contribution < -0.4 is 4.74 Å². The van der Waals surface area contributed by atoms with E-state index in [0.29, 0.717) is 5.88 Å². The Morgan fingerprint density at radius 2 is 1.82 bits per heavy atom. The zero-order valence-corrected chi connectivity index (χ0v) is 11.4. The lowest BCUT2D eigenvalue weighted by Gasteiger charge is -2.10. The SMILES string of the molecule is Cc1ccc(Oc2ccccc2)nc1C(C)Br. The van der Waals surface area contributed by atoms with Crippen molar-refractivity contribution in [3.63, 3.8) is 0 Å². The van der Waals surface area contributed by atoms with Crippen LogP contribution >= 0.6 is 15.9 Å². The molecule has 1 unspecified atom stereocenters. The monoisotopic (exact) mass is 291 g/mol. The summed E-state index contributed by atoms with van der Waals surface area (Å²) in [6, 6.07) is 13.6. The molecule has 1 atom stereocenters. The van der Waals surface area contributed by atoms with Gasteiger partial charge < -0.3 is 4.74 Å². The molecule has 0 aliphatic rings. The average Bonchev–Trinajstić information content (AvgIpc) is 2.32. The highest BCUT2D eigenvalue weighted by molar-refractivity contribution is 9.09. The van der Waals surface area contributed by atoms with Gasteiger partial charge >= 0.3 is 0 Å². The summed E-state index contributed by atoms with van der Waals surface area (Å²) in [4.78, 5) is 4.72. The number of aryl methyl sites for hydroxylation is 1. The number of hydrogen-bond acceptors (Lipinski definition) is 2. The largest absolute Gasteiger partial charge is 0.439 e. The predicted molar refractivity (Wildman–Crippen MR) is 72.8 cm³/mol. The van der Waals surface area contributed by atoms with Crippen LogP contribution in [0.25, 0.3) is 0 Å². The molecule has 1 heterocycles. The van der Waals surface area contributed by atoms with E-state index in [1.807, 2.05) is 49.4 Å². The van der Waals surface area contributed by atoms with E-state index in [2.05, 4.69) is 27.8 Å². The Hall–Kier alpha value is -1.35. The van der Waals surface area contributed by atoms with Gasteiger partial charge in [-0.3, -0.25) is 0 Å². The molecule has 17 heavy (non-hydrogen) atoms. The van der Waals surface area contributed by atoms with Gasteiger partial charge in [-0.25, -0.2) is 4.98 Å². The van der Waals surface area contributed by atoms with Crippen LogP contribution in [0.5, 0.6) is 11.6 Å². The number of pyridine rings is 1. The fourth-order valence-corrected chi connectivity index (χ4v) is 2.06. The summed E-state index contributed by atoms with van der Waals surface area (Å²) in [6.45, 7) is 4.11. The van der Waals surface area contributed by atoms with Crippen molar-refractivity contribution in [2.75, 3.05) is 0 Å². The van der Waals surface area contributed by atoms with E-state index in [9.17, 15) is 0 Å². The first-order chi connectivity index (χ1) is 8.16. The third-order valence-electron chi connectivity index (χ3n) is 2.45. The number of hydrogen-bond donors (Lipinski definition) is 0. The van der Waals surface area contributed by atoms with Gasteiger partial charge in [0.15, 0.2) is 0 Å². The summed E-state index contributed by atoms with van der Waals surface area (Å²) >= 11 is 3.53. The van der Waals surface area contributed by atoms with Crippen molar-refractivity contribution in [3.05, 3.63) is 53.7 Å². The van der Waals surface area contributed by atoms with Crippen LogP contribution in [0.1, 0.15) is 23.0 Å². The summed E-state index contributed by atoms with van der Waals surface area (Å²) in [6.07, 6.45) is 0. The molecular weight excluding hydrogens is 278 g/mol. The Bertz CT molecular complexity index is 497. The Balaban J connectivity index is 2.26. The third-order valence-corrected chi connectivity index (χ3v) is 2.89. The number of ether oxygens (including phenoxy) is 1. The van der Waals surface area contributed by atoms with Crippen molar-refractivity contribution in [2.45, 2.75) is 18.7 Å². The number of alkyl halides is 1. The highest BCUT2D eigenvalue weighted by Gasteiger charge is 2.08. The lowest BCUT2D eigenvalue weighted by atomic mass is 10.2. The molecule has 0 N–H and O–H groups in total. The quantitative estimate of drug-likeness (QED) is 0.769. The van der Waals surface area contributed by atoms with E-state index < -0.39 is 0 Å².